The Hall–Kier alpha value is -2.17. The molecule has 0 aromatic heterocycles. The fraction of sp³-hybridized carbons (Fsp3) is 0.480. The summed E-state index contributed by atoms with van der Waals surface area (Å²) in [7, 11) is 0. The van der Waals surface area contributed by atoms with E-state index >= 15 is 0 Å². The van der Waals surface area contributed by atoms with E-state index in [1.807, 2.05) is 50.2 Å². The van der Waals surface area contributed by atoms with Crippen molar-refractivity contribution in [2.75, 3.05) is 25.4 Å². The minimum Gasteiger partial charge on any atom is -0.398 e. The van der Waals surface area contributed by atoms with Crippen LogP contribution in [0.3, 0.4) is 0 Å². The molecule has 0 radical (unpaired) electrons. The third-order valence-corrected chi connectivity index (χ3v) is 5.76. The molecule has 2 aromatic rings. The van der Waals surface area contributed by atoms with Gasteiger partial charge in [0.1, 0.15) is 0 Å². The number of nitrogens with two attached hydrogens (primary N) is 1. The maximum absolute atomic E-state index is 12.6. The Kier molecular flexibility index (Phi) is 7.09. The van der Waals surface area contributed by atoms with E-state index in [9.17, 15) is 9.90 Å². The third kappa shape index (κ3) is 6.69. The van der Waals surface area contributed by atoms with Crippen LogP contribution in [0.2, 0.25) is 0 Å². The van der Waals surface area contributed by atoms with Gasteiger partial charge in [0.25, 0.3) is 0 Å². The van der Waals surface area contributed by atoms with Crippen molar-refractivity contribution >= 4 is 11.5 Å². The average molecular weight is 395 g/mol. The normalized spacial score (nSPS) is 18.4. The molecule has 1 saturated heterocycles. The van der Waals surface area contributed by atoms with E-state index < -0.39 is 5.60 Å². The summed E-state index contributed by atoms with van der Waals surface area (Å²) in [5.41, 5.74) is 8.92. The SMILES string of the molecule is CC(C)(O)CN1CCCC(Cc2ccc(C(=O)Cc3ccccc3N)cc2)CC1. The second-order valence-corrected chi connectivity index (χ2v) is 9.09. The van der Waals surface area contributed by atoms with Crippen LogP contribution in [0.25, 0.3) is 0 Å². The molecular weight excluding hydrogens is 360 g/mol. The molecule has 1 unspecified atom stereocenters. The van der Waals surface area contributed by atoms with Crippen molar-refractivity contribution in [3.05, 3.63) is 65.2 Å². The standard InChI is InChI=1S/C25H34N2O2/c1-25(2,29)18-27-14-5-6-19(13-15-27)16-20-9-11-21(12-10-20)24(28)17-22-7-3-4-8-23(22)26/h3-4,7-12,19,29H,5-6,13-18,26H2,1-2H3. The fourth-order valence-electron chi connectivity index (χ4n) is 4.26. The van der Waals surface area contributed by atoms with Crippen LogP contribution in [-0.4, -0.2) is 41.0 Å². The van der Waals surface area contributed by atoms with Gasteiger partial charge in [0.05, 0.1) is 5.60 Å². The van der Waals surface area contributed by atoms with Crippen molar-refractivity contribution in [1.29, 1.82) is 0 Å². The molecule has 0 spiro atoms. The molecule has 0 bridgehead atoms. The molecule has 0 saturated carbocycles. The lowest BCUT2D eigenvalue weighted by atomic mass is 9.92. The number of aliphatic hydroxyl groups is 1. The molecule has 1 atom stereocenters. The summed E-state index contributed by atoms with van der Waals surface area (Å²) in [4.78, 5) is 15.0. The van der Waals surface area contributed by atoms with Crippen LogP contribution in [-0.2, 0) is 12.8 Å². The topological polar surface area (TPSA) is 66.6 Å². The number of ketones is 1. The second kappa shape index (κ2) is 9.55. The summed E-state index contributed by atoms with van der Waals surface area (Å²) >= 11 is 0. The Morgan fingerprint density at radius 3 is 2.52 bits per heavy atom. The van der Waals surface area contributed by atoms with Crippen LogP contribution in [0.15, 0.2) is 48.5 Å². The number of nitrogen functional groups attached to an aromatic ring is 1. The van der Waals surface area contributed by atoms with E-state index in [2.05, 4.69) is 17.0 Å². The number of benzene rings is 2. The summed E-state index contributed by atoms with van der Waals surface area (Å²) < 4.78 is 0. The molecule has 1 aliphatic rings. The van der Waals surface area contributed by atoms with Gasteiger partial charge in [-0.1, -0.05) is 42.5 Å². The highest BCUT2D eigenvalue weighted by atomic mass is 16.3. The molecule has 4 heteroatoms. The van der Waals surface area contributed by atoms with E-state index in [0.29, 0.717) is 18.0 Å². The molecule has 3 rings (SSSR count). The number of rotatable bonds is 7. The first-order valence-electron chi connectivity index (χ1n) is 10.7. The lowest BCUT2D eigenvalue weighted by Crippen LogP contribution is -2.39. The van der Waals surface area contributed by atoms with E-state index in [1.165, 1.54) is 18.4 Å². The Bertz CT molecular complexity index is 808. The van der Waals surface area contributed by atoms with Crippen molar-refractivity contribution in [3.63, 3.8) is 0 Å². The van der Waals surface area contributed by atoms with Gasteiger partial charge in [0, 0.05) is 24.2 Å². The maximum atomic E-state index is 12.6. The molecule has 0 aliphatic carbocycles. The lowest BCUT2D eigenvalue weighted by molar-refractivity contribution is 0.0370. The molecule has 3 N–H and O–H groups in total. The van der Waals surface area contributed by atoms with Gasteiger partial charge in [-0.25, -0.2) is 0 Å². The Balaban J connectivity index is 1.54. The van der Waals surface area contributed by atoms with Gasteiger partial charge in [-0.15, -0.1) is 0 Å². The van der Waals surface area contributed by atoms with Crippen LogP contribution < -0.4 is 5.73 Å². The van der Waals surface area contributed by atoms with E-state index in [4.69, 9.17) is 5.73 Å². The average Bonchev–Trinajstić information content (AvgIpc) is 2.88. The number of hydrogen-bond acceptors (Lipinski definition) is 4. The summed E-state index contributed by atoms with van der Waals surface area (Å²) in [5.74, 6) is 0.763. The van der Waals surface area contributed by atoms with E-state index in [1.54, 1.807) is 0 Å². The number of likely N-dealkylation sites (tertiary alicyclic amines) is 1. The van der Waals surface area contributed by atoms with Gasteiger partial charge in [0.15, 0.2) is 5.78 Å². The zero-order chi connectivity index (χ0) is 20.9. The predicted molar refractivity (Wildman–Crippen MR) is 119 cm³/mol. The van der Waals surface area contributed by atoms with Gasteiger partial charge in [-0.3, -0.25) is 4.79 Å². The van der Waals surface area contributed by atoms with Crippen LogP contribution in [0.4, 0.5) is 5.69 Å². The molecule has 4 nitrogen and oxygen atoms in total. The van der Waals surface area contributed by atoms with Crippen molar-refractivity contribution in [1.82, 2.24) is 4.90 Å². The predicted octanol–water partition coefficient (Wildman–Crippen LogP) is 4.11. The Labute approximate surface area is 174 Å². The number of Topliss-reactive ketones (excluding diaryl/α,β-unsaturated/α-hetero) is 1. The van der Waals surface area contributed by atoms with E-state index in [-0.39, 0.29) is 5.78 Å². The number of β-amino-alcohol motifs (C(OH)–C–C–N with tert-alkyl or cyclic N) is 1. The van der Waals surface area contributed by atoms with Crippen molar-refractivity contribution in [3.8, 4) is 0 Å². The molecule has 29 heavy (non-hydrogen) atoms. The molecule has 1 aliphatic heterocycles. The quantitative estimate of drug-likeness (QED) is 0.548. The largest absolute Gasteiger partial charge is 0.398 e. The zero-order valence-corrected chi connectivity index (χ0v) is 17.7. The molecular formula is C25H34N2O2. The first-order valence-corrected chi connectivity index (χ1v) is 10.7. The van der Waals surface area contributed by atoms with Crippen molar-refractivity contribution < 1.29 is 9.90 Å². The number of hydrogen-bond donors (Lipinski definition) is 2. The van der Waals surface area contributed by atoms with Gasteiger partial charge in [-0.2, -0.15) is 0 Å². The van der Waals surface area contributed by atoms with E-state index in [0.717, 1.165) is 43.6 Å². The summed E-state index contributed by atoms with van der Waals surface area (Å²) in [6, 6.07) is 15.6. The second-order valence-electron chi connectivity index (χ2n) is 9.09. The van der Waals surface area contributed by atoms with Crippen LogP contribution in [0.5, 0.6) is 0 Å². The summed E-state index contributed by atoms with van der Waals surface area (Å²) in [5, 5.41) is 10.1. The minimum atomic E-state index is -0.632. The first-order chi connectivity index (χ1) is 13.8. The van der Waals surface area contributed by atoms with Crippen LogP contribution >= 0.6 is 0 Å². The van der Waals surface area contributed by atoms with Gasteiger partial charge >= 0.3 is 0 Å². The molecule has 156 valence electrons. The fourth-order valence-corrected chi connectivity index (χ4v) is 4.26. The summed E-state index contributed by atoms with van der Waals surface area (Å²) in [6.45, 7) is 6.61. The molecule has 0 amide bonds. The van der Waals surface area contributed by atoms with Crippen molar-refractivity contribution in [2.24, 2.45) is 5.92 Å². The van der Waals surface area contributed by atoms with Crippen LogP contribution in [0.1, 0.15) is 54.6 Å². The highest BCUT2D eigenvalue weighted by molar-refractivity contribution is 5.98. The van der Waals surface area contributed by atoms with Crippen molar-refractivity contribution in [2.45, 2.75) is 51.6 Å². The number of anilines is 1. The Morgan fingerprint density at radius 1 is 1.10 bits per heavy atom. The monoisotopic (exact) mass is 394 g/mol. The highest BCUT2D eigenvalue weighted by Crippen LogP contribution is 2.23. The van der Waals surface area contributed by atoms with Crippen LogP contribution in [0, 0.1) is 5.92 Å². The molecule has 1 fully saturated rings. The number of carbonyl (C=O) groups is 1. The first kappa shape index (κ1) is 21.5. The van der Waals surface area contributed by atoms with Gasteiger partial charge in [-0.05, 0) is 75.7 Å². The maximum Gasteiger partial charge on any atom is 0.167 e. The van der Waals surface area contributed by atoms with Gasteiger partial charge in [0.2, 0.25) is 0 Å². The zero-order valence-electron chi connectivity index (χ0n) is 17.7. The number of nitrogens with zero attached hydrogens (tertiary/aromatic N) is 1. The third-order valence-electron chi connectivity index (χ3n) is 5.76. The minimum absolute atomic E-state index is 0.103. The Morgan fingerprint density at radius 2 is 1.83 bits per heavy atom. The number of para-hydroxylation sites is 1. The number of carbonyl (C=O) groups excluding carboxylic acids is 1. The lowest BCUT2D eigenvalue weighted by Gasteiger charge is -2.27. The molecule has 2 aromatic carbocycles. The smallest absolute Gasteiger partial charge is 0.167 e. The summed E-state index contributed by atoms with van der Waals surface area (Å²) in [6.07, 6.45) is 4.94. The molecule has 1 heterocycles. The van der Waals surface area contributed by atoms with Gasteiger partial charge < -0.3 is 15.7 Å². The highest BCUT2D eigenvalue weighted by Gasteiger charge is 2.22.